The third-order valence-corrected chi connectivity index (χ3v) is 5.74. The summed E-state index contributed by atoms with van der Waals surface area (Å²) in [6, 6.07) is 3.50. The number of thioether (sulfide) groups is 1. The molecule has 1 aromatic rings. The molecule has 1 heterocycles. The van der Waals surface area contributed by atoms with E-state index in [0.717, 1.165) is 6.07 Å². The Morgan fingerprint density at radius 3 is 2.79 bits per heavy atom. The normalized spacial score (nSPS) is 21.7. The second kappa shape index (κ2) is 6.19. The Kier molecular flexibility index (Phi) is 4.81. The number of nitrogens with one attached hydrogen (secondary N) is 1. The van der Waals surface area contributed by atoms with Gasteiger partial charge in [-0.3, -0.25) is 0 Å². The summed E-state index contributed by atoms with van der Waals surface area (Å²) in [5.41, 5.74) is 0. The topological polar surface area (TPSA) is 46.2 Å². The highest BCUT2D eigenvalue weighted by Gasteiger charge is 2.26. The van der Waals surface area contributed by atoms with Crippen molar-refractivity contribution >= 4 is 21.6 Å². The van der Waals surface area contributed by atoms with E-state index in [4.69, 9.17) is 0 Å². The molecule has 1 atom stereocenters. The monoisotopic (exact) mass is 307 g/mol. The average Bonchev–Trinajstić information content (AvgIpc) is 2.67. The van der Waals surface area contributed by atoms with Crippen LogP contribution in [0.3, 0.4) is 0 Å². The quantitative estimate of drug-likeness (QED) is 0.666. The fourth-order valence-electron chi connectivity index (χ4n) is 1.97. The van der Waals surface area contributed by atoms with E-state index < -0.39 is 21.5 Å². The Hall–Kier alpha value is -0.660. The van der Waals surface area contributed by atoms with Gasteiger partial charge in [-0.2, -0.15) is 0 Å². The molecule has 3 nitrogen and oxygen atoms in total. The van der Waals surface area contributed by atoms with Crippen molar-refractivity contribution in [2.75, 3.05) is 23.8 Å². The van der Waals surface area contributed by atoms with Gasteiger partial charge in [0, 0.05) is 29.3 Å². The highest BCUT2D eigenvalue weighted by atomic mass is 32.2. The Morgan fingerprint density at radius 1 is 1.37 bits per heavy atom. The van der Waals surface area contributed by atoms with Crippen LogP contribution in [0.2, 0.25) is 0 Å². The van der Waals surface area contributed by atoms with Crippen LogP contribution in [0.1, 0.15) is 6.42 Å². The molecule has 1 saturated heterocycles. The van der Waals surface area contributed by atoms with Crippen molar-refractivity contribution in [3.8, 4) is 0 Å². The number of hydrogen-bond acceptors (Lipinski definition) is 4. The highest BCUT2D eigenvalue weighted by Crippen LogP contribution is 2.22. The number of halogens is 2. The molecule has 7 heteroatoms. The van der Waals surface area contributed by atoms with E-state index in [0.29, 0.717) is 23.6 Å². The lowest BCUT2D eigenvalue weighted by atomic mass is 10.3. The summed E-state index contributed by atoms with van der Waals surface area (Å²) < 4.78 is 48.5. The molecule has 1 aliphatic heterocycles. The molecule has 0 amide bonds. The molecule has 1 N–H and O–H groups in total. The van der Waals surface area contributed by atoms with E-state index in [1.807, 2.05) is 0 Å². The van der Waals surface area contributed by atoms with Crippen molar-refractivity contribution in [2.24, 2.45) is 0 Å². The van der Waals surface area contributed by atoms with Crippen LogP contribution in [-0.4, -0.2) is 38.3 Å². The van der Waals surface area contributed by atoms with E-state index in [-0.39, 0.29) is 17.5 Å². The van der Waals surface area contributed by atoms with Gasteiger partial charge in [0.2, 0.25) is 0 Å². The van der Waals surface area contributed by atoms with Crippen LogP contribution in [0.25, 0.3) is 0 Å². The lowest BCUT2D eigenvalue weighted by molar-refractivity contribution is 0.564. The van der Waals surface area contributed by atoms with Crippen molar-refractivity contribution in [1.82, 2.24) is 5.32 Å². The number of benzene rings is 1. The predicted molar refractivity (Wildman–Crippen MR) is 72.1 cm³/mol. The summed E-state index contributed by atoms with van der Waals surface area (Å²) in [7, 11) is -2.87. The Morgan fingerprint density at radius 2 is 2.16 bits per heavy atom. The maximum absolute atomic E-state index is 13.3. The van der Waals surface area contributed by atoms with E-state index in [2.05, 4.69) is 5.32 Å². The first kappa shape index (κ1) is 14.7. The maximum atomic E-state index is 13.3. The summed E-state index contributed by atoms with van der Waals surface area (Å²) in [6.07, 6.45) is 0.637. The third-order valence-electron chi connectivity index (χ3n) is 2.92. The van der Waals surface area contributed by atoms with Crippen molar-refractivity contribution in [3.63, 3.8) is 0 Å². The fraction of sp³-hybridized carbons (Fsp3) is 0.500. The Balaban J connectivity index is 1.72. The van der Waals surface area contributed by atoms with Gasteiger partial charge < -0.3 is 5.32 Å². The lowest BCUT2D eigenvalue weighted by Gasteiger charge is -2.10. The van der Waals surface area contributed by atoms with Gasteiger partial charge in [-0.15, -0.1) is 11.8 Å². The van der Waals surface area contributed by atoms with Gasteiger partial charge in [-0.05, 0) is 18.6 Å². The van der Waals surface area contributed by atoms with Crippen molar-refractivity contribution in [3.05, 3.63) is 29.8 Å². The van der Waals surface area contributed by atoms with Crippen molar-refractivity contribution in [1.29, 1.82) is 0 Å². The molecular weight excluding hydrogens is 292 g/mol. The molecule has 0 aliphatic carbocycles. The minimum atomic E-state index is -2.87. The van der Waals surface area contributed by atoms with Crippen LogP contribution in [0.4, 0.5) is 8.78 Å². The Bertz CT molecular complexity index is 549. The maximum Gasteiger partial charge on any atom is 0.151 e. The summed E-state index contributed by atoms with van der Waals surface area (Å²) in [6.45, 7) is 0.599. The van der Waals surface area contributed by atoms with E-state index in [1.165, 1.54) is 23.9 Å². The average molecular weight is 307 g/mol. The largest absolute Gasteiger partial charge is 0.312 e. The molecule has 0 bridgehead atoms. The number of rotatable bonds is 5. The standard InChI is InChI=1S/C12H15F2NO2S2/c13-9-1-2-12(11(14)7-9)18-5-4-15-10-3-6-19(16,17)8-10/h1-2,7,10,15H,3-6,8H2. The van der Waals surface area contributed by atoms with Gasteiger partial charge in [0.25, 0.3) is 0 Å². The molecule has 19 heavy (non-hydrogen) atoms. The van der Waals surface area contributed by atoms with E-state index in [1.54, 1.807) is 0 Å². The third kappa shape index (κ3) is 4.43. The van der Waals surface area contributed by atoms with Crippen molar-refractivity contribution in [2.45, 2.75) is 17.4 Å². The first-order chi connectivity index (χ1) is 8.96. The van der Waals surface area contributed by atoms with E-state index >= 15 is 0 Å². The van der Waals surface area contributed by atoms with Gasteiger partial charge in [0.15, 0.2) is 9.84 Å². The van der Waals surface area contributed by atoms with Crippen LogP contribution >= 0.6 is 11.8 Å². The van der Waals surface area contributed by atoms with Crippen LogP contribution in [0, 0.1) is 11.6 Å². The minimum Gasteiger partial charge on any atom is -0.312 e. The zero-order valence-corrected chi connectivity index (χ0v) is 11.9. The molecule has 1 fully saturated rings. The molecule has 1 aliphatic rings. The van der Waals surface area contributed by atoms with Gasteiger partial charge in [-0.1, -0.05) is 0 Å². The number of hydrogen-bond donors (Lipinski definition) is 1. The zero-order chi connectivity index (χ0) is 13.9. The predicted octanol–water partition coefficient (Wildman–Crippen LogP) is 1.83. The molecule has 2 rings (SSSR count). The second-order valence-electron chi connectivity index (χ2n) is 4.48. The molecule has 1 unspecified atom stereocenters. The van der Waals surface area contributed by atoms with Crippen LogP contribution in [0.5, 0.6) is 0 Å². The highest BCUT2D eigenvalue weighted by molar-refractivity contribution is 7.99. The second-order valence-corrected chi connectivity index (χ2v) is 7.84. The summed E-state index contributed by atoms with van der Waals surface area (Å²) in [5, 5.41) is 3.14. The molecule has 106 valence electrons. The number of sulfone groups is 1. The first-order valence-electron chi connectivity index (χ1n) is 5.98. The van der Waals surface area contributed by atoms with Crippen molar-refractivity contribution < 1.29 is 17.2 Å². The molecule has 0 radical (unpaired) electrons. The van der Waals surface area contributed by atoms with Gasteiger partial charge in [0.1, 0.15) is 11.6 Å². The van der Waals surface area contributed by atoms with Crippen LogP contribution < -0.4 is 5.32 Å². The SMILES string of the molecule is O=S1(=O)CCC(NCCSc2ccc(F)cc2F)C1. The lowest BCUT2D eigenvalue weighted by Crippen LogP contribution is -2.31. The first-order valence-corrected chi connectivity index (χ1v) is 8.79. The van der Waals surface area contributed by atoms with Crippen LogP contribution in [-0.2, 0) is 9.84 Å². The van der Waals surface area contributed by atoms with E-state index in [9.17, 15) is 17.2 Å². The summed E-state index contributed by atoms with van der Waals surface area (Å²) >= 11 is 1.29. The molecule has 1 aromatic carbocycles. The molecular formula is C12H15F2NO2S2. The molecule has 0 aromatic heterocycles. The van der Waals surface area contributed by atoms with Gasteiger partial charge >= 0.3 is 0 Å². The van der Waals surface area contributed by atoms with Gasteiger partial charge in [0.05, 0.1) is 11.5 Å². The smallest absolute Gasteiger partial charge is 0.151 e. The molecule has 0 spiro atoms. The minimum absolute atomic E-state index is 0.00339. The Labute approximate surface area is 115 Å². The summed E-state index contributed by atoms with van der Waals surface area (Å²) in [5.74, 6) is -0.115. The summed E-state index contributed by atoms with van der Waals surface area (Å²) in [4.78, 5) is 0.405. The van der Waals surface area contributed by atoms with Gasteiger partial charge in [-0.25, -0.2) is 17.2 Å². The van der Waals surface area contributed by atoms with Crippen LogP contribution in [0.15, 0.2) is 23.1 Å². The zero-order valence-electron chi connectivity index (χ0n) is 10.2. The fourth-order valence-corrected chi connectivity index (χ4v) is 4.48. The molecule has 0 saturated carbocycles.